The van der Waals surface area contributed by atoms with Crippen LogP contribution >= 0.6 is 0 Å². The second-order valence-electron chi connectivity index (χ2n) is 4.85. The fraction of sp³-hybridized carbons (Fsp3) is 0.188. The Bertz CT molecular complexity index is 842. The second kappa shape index (κ2) is 5.25. The number of benzene rings is 1. The minimum atomic E-state index is -1.09. The van der Waals surface area contributed by atoms with E-state index in [-0.39, 0.29) is 11.1 Å². The number of aromatic carboxylic acids is 1. The quantitative estimate of drug-likeness (QED) is 0.916. The van der Waals surface area contributed by atoms with Crippen LogP contribution in [-0.2, 0) is 0 Å². The Morgan fingerprint density at radius 1 is 1.24 bits per heavy atom. The highest BCUT2D eigenvalue weighted by Crippen LogP contribution is 2.20. The maximum absolute atomic E-state index is 12.3. The number of carbonyl (C=O) groups is 1. The fourth-order valence-electron chi connectivity index (χ4n) is 2.49. The van der Waals surface area contributed by atoms with Crippen molar-refractivity contribution in [2.45, 2.75) is 20.8 Å². The van der Waals surface area contributed by atoms with Crippen molar-refractivity contribution in [1.82, 2.24) is 4.57 Å². The van der Waals surface area contributed by atoms with E-state index in [1.807, 2.05) is 0 Å². The van der Waals surface area contributed by atoms with Gasteiger partial charge in [0.25, 0.3) is 5.56 Å². The van der Waals surface area contributed by atoms with Crippen molar-refractivity contribution in [3.8, 4) is 11.8 Å². The van der Waals surface area contributed by atoms with Gasteiger partial charge in [0, 0.05) is 11.8 Å². The molecule has 2 rings (SSSR count). The highest BCUT2D eigenvalue weighted by molar-refractivity contribution is 5.90. The van der Waals surface area contributed by atoms with Crippen LogP contribution in [0.15, 0.2) is 29.1 Å². The van der Waals surface area contributed by atoms with Crippen LogP contribution < -0.4 is 5.56 Å². The van der Waals surface area contributed by atoms with Gasteiger partial charge in [0.2, 0.25) is 0 Å². The smallest absolute Gasteiger partial charge is 0.337 e. The first kappa shape index (κ1) is 14.5. The summed E-state index contributed by atoms with van der Waals surface area (Å²) >= 11 is 0. The lowest BCUT2D eigenvalue weighted by atomic mass is 10.0. The lowest BCUT2D eigenvalue weighted by molar-refractivity contribution is 0.0694. The molecule has 1 heterocycles. The number of hydrogen-bond donors (Lipinski definition) is 1. The van der Waals surface area contributed by atoms with E-state index in [4.69, 9.17) is 0 Å². The van der Waals surface area contributed by atoms with Gasteiger partial charge in [-0.05, 0) is 38.0 Å². The molecule has 0 fully saturated rings. The molecule has 0 unspecified atom stereocenters. The summed E-state index contributed by atoms with van der Waals surface area (Å²) < 4.78 is 1.28. The molecule has 106 valence electrons. The summed E-state index contributed by atoms with van der Waals surface area (Å²) in [5.74, 6) is -1.09. The first-order valence-electron chi connectivity index (χ1n) is 6.35. The Kier molecular flexibility index (Phi) is 3.64. The second-order valence-corrected chi connectivity index (χ2v) is 4.85. The molecule has 0 aliphatic rings. The third-order valence-corrected chi connectivity index (χ3v) is 3.47. The summed E-state index contributed by atoms with van der Waals surface area (Å²) in [6.07, 6.45) is 0. The molecule has 0 aliphatic carbocycles. The normalized spacial score (nSPS) is 10.2. The van der Waals surface area contributed by atoms with Crippen LogP contribution in [0.4, 0.5) is 0 Å². The van der Waals surface area contributed by atoms with Crippen molar-refractivity contribution in [1.29, 1.82) is 5.26 Å². The van der Waals surface area contributed by atoms with Crippen LogP contribution in [-0.4, -0.2) is 15.6 Å². The number of nitriles is 1. The SMILES string of the molecule is Cc1cccc(-n2c(C)c(C(=O)O)c(C)cc2=O)c1C#N. The minimum Gasteiger partial charge on any atom is -0.478 e. The highest BCUT2D eigenvalue weighted by atomic mass is 16.4. The van der Waals surface area contributed by atoms with Crippen LogP contribution in [0, 0.1) is 32.1 Å². The van der Waals surface area contributed by atoms with E-state index in [1.54, 1.807) is 39.0 Å². The first-order valence-corrected chi connectivity index (χ1v) is 6.35. The Labute approximate surface area is 121 Å². The van der Waals surface area contributed by atoms with Gasteiger partial charge in [-0.25, -0.2) is 4.79 Å². The van der Waals surface area contributed by atoms with Gasteiger partial charge in [0.1, 0.15) is 6.07 Å². The zero-order valence-electron chi connectivity index (χ0n) is 12.0. The van der Waals surface area contributed by atoms with E-state index >= 15 is 0 Å². The van der Waals surface area contributed by atoms with E-state index in [0.29, 0.717) is 22.5 Å². The lowest BCUT2D eigenvalue weighted by Crippen LogP contribution is -2.25. The average Bonchev–Trinajstić information content (AvgIpc) is 2.37. The van der Waals surface area contributed by atoms with Crippen molar-refractivity contribution in [3.05, 3.63) is 62.6 Å². The van der Waals surface area contributed by atoms with Gasteiger partial charge in [0.15, 0.2) is 0 Å². The fourth-order valence-corrected chi connectivity index (χ4v) is 2.49. The molecule has 1 N–H and O–H groups in total. The number of nitrogens with zero attached hydrogens (tertiary/aromatic N) is 2. The molecule has 0 saturated carbocycles. The number of aryl methyl sites for hydroxylation is 2. The van der Waals surface area contributed by atoms with Gasteiger partial charge < -0.3 is 5.11 Å². The summed E-state index contributed by atoms with van der Waals surface area (Å²) in [6, 6.07) is 8.50. The van der Waals surface area contributed by atoms with Crippen LogP contribution in [0.5, 0.6) is 0 Å². The summed E-state index contributed by atoms with van der Waals surface area (Å²) in [7, 11) is 0. The molecule has 5 heteroatoms. The van der Waals surface area contributed by atoms with Crippen molar-refractivity contribution < 1.29 is 9.90 Å². The summed E-state index contributed by atoms with van der Waals surface area (Å²) in [5.41, 5.74) is 1.96. The van der Waals surface area contributed by atoms with Crippen LogP contribution in [0.25, 0.3) is 5.69 Å². The van der Waals surface area contributed by atoms with Gasteiger partial charge in [-0.2, -0.15) is 5.26 Å². The van der Waals surface area contributed by atoms with Crippen LogP contribution in [0.2, 0.25) is 0 Å². The third kappa shape index (κ3) is 2.32. The average molecular weight is 282 g/mol. The standard InChI is InChI=1S/C16H14N2O3/c1-9-5-4-6-13(12(9)8-17)18-11(3)15(16(20)21)10(2)7-14(18)19/h4-7H,1-3H3,(H,20,21). The molecule has 2 aromatic rings. The zero-order valence-corrected chi connectivity index (χ0v) is 12.0. The van der Waals surface area contributed by atoms with Crippen LogP contribution in [0.1, 0.15) is 32.7 Å². The van der Waals surface area contributed by atoms with Crippen molar-refractivity contribution in [3.63, 3.8) is 0 Å². The molecule has 0 atom stereocenters. The van der Waals surface area contributed by atoms with Gasteiger partial charge in [-0.3, -0.25) is 9.36 Å². The van der Waals surface area contributed by atoms with E-state index in [2.05, 4.69) is 6.07 Å². The Morgan fingerprint density at radius 2 is 1.90 bits per heavy atom. The van der Waals surface area contributed by atoms with Crippen molar-refractivity contribution in [2.24, 2.45) is 0 Å². The number of carboxylic acid groups (broad SMARTS) is 1. The highest BCUT2D eigenvalue weighted by Gasteiger charge is 2.18. The molecule has 0 bridgehead atoms. The molecule has 0 saturated heterocycles. The largest absolute Gasteiger partial charge is 0.478 e. The zero-order chi connectivity index (χ0) is 15.7. The molecule has 0 spiro atoms. The first-order chi connectivity index (χ1) is 9.88. The minimum absolute atomic E-state index is 0.0833. The van der Waals surface area contributed by atoms with Gasteiger partial charge in [0.05, 0.1) is 16.8 Å². The number of hydrogen-bond acceptors (Lipinski definition) is 3. The predicted octanol–water partition coefficient (Wildman–Crippen LogP) is 2.33. The van der Waals surface area contributed by atoms with Crippen LogP contribution in [0.3, 0.4) is 0 Å². The van der Waals surface area contributed by atoms with E-state index < -0.39 is 5.97 Å². The van der Waals surface area contributed by atoms with Crippen molar-refractivity contribution >= 4 is 5.97 Å². The molecule has 0 amide bonds. The Hall–Kier alpha value is -2.87. The molecule has 1 aromatic carbocycles. The number of carboxylic acids is 1. The van der Waals surface area contributed by atoms with Gasteiger partial charge in [-0.1, -0.05) is 12.1 Å². The molecular formula is C16H14N2O3. The molecule has 0 aliphatic heterocycles. The monoisotopic (exact) mass is 282 g/mol. The number of pyridine rings is 1. The predicted molar refractivity (Wildman–Crippen MR) is 77.9 cm³/mol. The van der Waals surface area contributed by atoms with Gasteiger partial charge in [-0.15, -0.1) is 0 Å². The molecule has 0 radical (unpaired) electrons. The third-order valence-electron chi connectivity index (χ3n) is 3.47. The number of aromatic nitrogens is 1. The Balaban J connectivity index is 2.93. The summed E-state index contributed by atoms with van der Waals surface area (Å²) in [4.78, 5) is 23.7. The van der Waals surface area contributed by atoms with E-state index in [0.717, 1.165) is 5.56 Å². The lowest BCUT2D eigenvalue weighted by Gasteiger charge is -2.16. The molecule has 21 heavy (non-hydrogen) atoms. The Morgan fingerprint density at radius 3 is 2.48 bits per heavy atom. The number of rotatable bonds is 2. The molecule has 5 nitrogen and oxygen atoms in total. The van der Waals surface area contributed by atoms with Gasteiger partial charge >= 0.3 is 5.97 Å². The molecule has 1 aromatic heterocycles. The molecular weight excluding hydrogens is 268 g/mol. The van der Waals surface area contributed by atoms with E-state index in [1.165, 1.54) is 10.6 Å². The summed E-state index contributed by atoms with van der Waals surface area (Å²) in [5, 5.41) is 18.6. The topological polar surface area (TPSA) is 83.1 Å². The maximum Gasteiger partial charge on any atom is 0.337 e. The van der Waals surface area contributed by atoms with E-state index in [9.17, 15) is 20.0 Å². The summed E-state index contributed by atoms with van der Waals surface area (Å²) in [6.45, 7) is 4.93. The maximum atomic E-state index is 12.3. The van der Waals surface area contributed by atoms with Crippen molar-refractivity contribution in [2.75, 3.05) is 0 Å².